The van der Waals surface area contributed by atoms with Crippen LogP contribution in [0.5, 0.6) is 23.0 Å². The van der Waals surface area contributed by atoms with Gasteiger partial charge < -0.3 is 20.4 Å². The van der Waals surface area contributed by atoms with Crippen molar-refractivity contribution in [1.82, 2.24) is 0 Å². The maximum atomic E-state index is 10.7. The summed E-state index contributed by atoms with van der Waals surface area (Å²) < 4.78 is 0. The van der Waals surface area contributed by atoms with E-state index < -0.39 is 0 Å². The number of aryl methyl sites for hydroxylation is 4. The zero-order chi connectivity index (χ0) is 25.3. The molecule has 0 aromatic heterocycles. The van der Waals surface area contributed by atoms with Crippen LogP contribution in [0.3, 0.4) is 0 Å². The first-order valence-electron chi connectivity index (χ1n) is 11.8. The quantitative estimate of drug-likeness (QED) is 0.260. The van der Waals surface area contributed by atoms with E-state index in [9.17, 15) is 20.4 Å². The van der Waals surface area contributed by atoms with Crippen LogP contribution in [-0.4, -0.2) is 20.4 Å². The van der Waals surface area contributed by atoms with E-state index in [1.54, 1.807) is 12.1 Å². The molecule has 0 aliphatic carbocycles. The molecule has 0 unspecified atom stereocenters. The van der Waals surface area contributed by atoms with Gasteiger partial charge in [-0.05, 0) is 90.8 Å². The Morgan fingerprint density at radius 2 is 0.857 bits per heavy atom. The molecule has 4 heteroatoms. The minimum atomic E-state index is 0.219. The third-order valence-electron chi connectivity index (χ3n) is 6.52. The van der Waals surface area contributed by atoms with Gasteiger partial charge in [-0.2, -0.15) is 0 Å². The van der Waals surface area contributed by atoms with Crippen LogP contribution in [0.25, 0.3) is 0 Å². The van der Waals surface area contributed by atoms with Crippen molar-refractivity contribution in [2.75, 3.05) is 0 Å². The molecule has 0 aliphatic rings. The third kappa shape index (κ3) is 5.43. The van der Waals surface area contributed by atoms with Gasteiger partial charge in [-0.15, -0.1) is 0 Å². The number of benzene rings is 4. The van der Waals surface area contributed by atoms with Crippen LogP contribution in [0, 0.1) is 27.7 Å². The molecular weight excluding hydrogens is 436 g/mol. The maximum absolute atomic E-state index is 10.7. The molecule has 35 heavy (non-hydrogen) atoms. The van der Waals surface area contributed by atoms with Crippen LogP contribution in [0.1, 0.15) is 55.6 Å². The molecule has 0 atom stereocenters. The van der Waals surface area contributed by atoms with Gasteiger partial charge in [0.2, 0.25) is 0 Å². The lowest BCUT2D eigenvalue weighted by Gasteiger charge is -2.15. The highest BCUT2D eigenvalue weighted by atomic mass is 16.3. The Labute approximate surface area is 206 Å². The Bertz CT molecular complexity index is 1290. The molecule has 0 fully saturated rings. The fourth-order valence-corrected chi connectivity index (χ4v) is 4.70. The van der Waals surface area contributed by atoms with Crippen LogP contribution in [0.2, 0.25) is 0 Å². The molecular formula is C31H32O4. The predicted octanol–water partition coefficient (Wildman–Crippen LogP) is 6.52. The van der Waals surface area contributed by atoms with Gasteiger partial charge in [-0.3, -0.25) is 0 Å². The van der Waals surface area contributed by atoms with Crippen molar-refractivity contribution in [1.29, 1.82) is 0 Å². The first-order valence-corrected chi connectivity index (χ1v) is 11.8. The zero-order valence-electron chi connectivity index (χ0n) is 20.7. The van der Waals surface area contributed by atoms with Crippen molar-refractivity contribution >= 4 is 0 Å². The van der Waals surface area contributed by atoms with E-state index >= 15 is 0 Å². The van der Waals surface area contributed by atoms with Gasteiger partial charge in [-0.25, -0.2) is 0 Å². The Morgan fingerprint density at radius 1 is 0.457 bits per heavy atom. The topological polar surface area (TPSA) is 80.9 Å². The fourth-order valence-electron chi connectivity index (χ4n) is 4.70. The minimum Gasteiger partial charge on any atom is -0.508 e. The number of aromatic hydroxyl groups is 4. The van der Waals surface area contributed by atoms with E-state index in [1.165, 1.54) is 0 Å². The number of phenols is 4. The summed E-state index contributed by atoms with van der Waals surface area (Å²) in [5.74, 6) is 0.923. The molecule has 180 valence electrons. The number of hydrogen-bond donors (Lipinski definition) is 4. The maximum Gasteiger partial charge on any atom is 0.122 e. The summed E-state index contributed by atoms with van der Waals surface area (Å²) in [6.45, 7) is 7.72. The van der Waals surface area contributed by atoms with Gasteiger partial charge in [-0.1, -0.05) is 59.7 Å². The average molecular weight is 469 g/mol. The summed E-state index contributed by atoms with van der Waals surface area (Å²) in [6.07, 6.45) is 1.49. The fraction of sp³-hybridized carbons (Fsp3) is 0.226. The lowest BCUT2D eigenvalue weighted by molar-refractivity contribution is 0.459. The molecule has 0 amide bonds. The molecule has 4 rings (SSSR count). The minimum absolute atomic E-state index is 0.219. The van der Waals surface area contributed by atoms with Gasteiger partial charge >= 0.3 is 0 Å². The van der Waals surface area contributed by atoms with Crippen LogP contribution in [-0.2, 0) is 19.3 Å². The van der Waals surface area contributed by atoms with E-state index in [4.69, 9.17) is 0 Å². The van der Waals surface area contributed by atoms with Crippen LogP contribution >= 0.6 is 0 Å². The lowest BCUT2D eigenvalue weighted by Crippen LogP contribution is -1.99. The largest absolute Gasteiger partial charge is 0.508 e. The summed E-state index contributed by atoms with van der Waals surface area (Å²) in [5, 5.41) is 42.0. The number of hydrogen-bond acceptors (Lipinski definition) is 4. The monoisotopic (exact) mass is 468 g/mol. The van der Waals surface area contributed by atoms with Crippen molar-refractivity contribution in [3.63, 3.8) is 0 Å². The molecule has 0 bridgehead atoms. The molecule has 0 spiro atoms. The average Bonchev–Trinajstić information content (AvgIpc) is 2.80. The molecule has 4 aromatic carbocycles. The highest BCUT2D eigenvalue weighted by Gasteiger charge is 2.14. The Kier molecular flexibility index (Phi) is 6.74. The van der Waals surface area contributed by atoms with E-state index in [-0.39, 0.29) is 23.0 Å². The van der Waals surface area contributed by atoms with Crippen LogP contribution in [0.4, 0.5) is 0 Å². The highest BCUT2D eigenvalue weighted by molar-refractivity contribution is 5.51. The Morgan fingerprint density at radius 3 is 1.26 bits per heavy atom. The number of phenolic OH excluding ortho intramolecular Hbond substituents is 4. The summed E-state index contributed by atoms with van der Waals surface area (Å²) in [4.78, 5) is 0. The molecule has 0 saturated heterocycles. The van der Waals surface area contributed by atoms with E-state index in [2.05, 4.69) is 0 Å². The normalized spacial score (nSPS) is 11.1. The van der Waals surface area contributed by atoms with Gasteiger partial charge in [0.25, 0.3) is 0 Å². The van der Waals surface area contributed by atoms with E-state index in [0.717, 1.165) is 55.6 Å². The molecule has 4 N–H and O–H groups in total. The molecule has 0 aliphatic heterocycles. The third-order valence-corrected chi connectivity index (χ3v) is 6.52. The summed E-state index contributed by atoms with van der Waals surface area (Å²) in [7, 11) is 0. The predicted molar refractivity (Wildman–Crippen MR) is 140 cm³/mol. The van der Waals surface area contributed by atoms with Gasteiger partial charge in [0.1, 0.15) is 23.0 Å². The molecule has 4 aromatic rings. The van der Waals surface area contributed by atoms with Crippen molar-refractivity contribution in [3.05, 3.63) is 116 Å². The smallest absolute Gasteiger partial charge is 0.122 e. The van der Waals surface area contributed by atoms with Crippen molar-refractivity contribution in [3.8, 4) is 23.0 Å². The number of rotatable bonds is 6. The van der Waals surface area contributed by atoms with Gasteiger partial charge in [0.05, 0.1) is 0 Å². The molecule has 0 heterocycles. The Hall–Kier alpha value is -3.92. The van der Waals surface area contributed by atoms with Gasteiger partial charge in [0, 0.05) is 12.8 Å². The van der Waals surface area contributed by atoms with E-state index in [0.29, 0.717) is 19.3 Å². The highest BCUT2D eigenvalue weighted by Crippen LogP contribution is 2.33. The van der Waals surface area contributed by atoms with E-state index in [1.807, 2.05) is 76.2 Å². The Balaban J connectivity index is 1.66. The van der Waals surface area contributed by atoms with Crippen molar-refractivity contribution in [2.45, 2.75) is 47.0 Å². The van der Waals surface area contributed by atoms with Crippen molar-refractivity contribution < 1.29 is 20.4 Å². The second kappa shape index (κ2) is 9.75. The molecule has 4 nitrogen and oxygen atoms in total. The second-order valence-corrected chi connectivity index (χ2v) is 9.64. The van der Waals surface area contributed by atoms with Crippen molar-refractivity contribution in [2.24, 2.45) is 0 Å². The summed E-state index contributed by atoms with van der Waals surface area (Å²) in [5.41, 5.74) is 8.83. The summed E-state index contributed by atoms with van der Waals surface area (Å²) >= 11 is 0. The van der Waals surface area contributed by atoms with Crippen LogP contribution < -0.4 is 0 Å². The van der Waals surface area contributed by atoms with Gasteiger partial charge in [0.15, 0.2) is 0 Å². The molecule has 0 saturated carbocycles. The summed E-state index contributed by atoms with van der Waals surface area (Å²) in [6, 6.07) is 18.9. The zero-order valence-corrected chi connectivity index (χ0v) is 20.7. The second-order valence-electron chi connectivity index (χ2n) is 9.64. The van der Waals surface area contributed by atoms with Crippen LogP contribution in [0.15, 0.2) is 60.7 Å². The first-order chi connectivity index (χ1) is 16.6. The SMILES string of the molecule is Cc1ccc(O)c(Cc2cc(Cc3cc(C)c(O)c(Cc4cc(C)ccc4O)c3)cc(C)c2O)c1. The lowest BCUT2D eigenvalue weighted by atomic mass is 9.92. The standard InChI is InChI=1S/C31H32O4/c1-18-5-7-28(32)24(9-18)16-26-14-22(11-20(3)30(26)34)13-23-12-21(4)31(35)27(15-23)17-25-10-19(2)6-8-29(25)33/h5-12,14-15,32-35H,13,16-17H2,1-4H3. The molecule has 0 radical (unpaired) electrons. The first kappa shape index (κ1) is 24.2.